The maximum absolute atomic E-state index is 12.1. The van der Waals surface area contributed by atoms with Crippen LogP contribution in [0.1, 0.15) is 31.1 Å². The van der Waals surface area contributed by atoms with Gasteiger partial charge in [-0.25, -0.2) is 0 Å². The third-order valence-corrected chi connectivity index (χ3v) is 2.44. The summed E-state index contributed by atoms with van der Waals surface area (Å²) in [5.41, 5.74) is -0.0991. The molecule has 0 radical (unpaired) electrons. The van der Waals surface area contributed by atoms with Crippen LogP contribution in [-0.2, 0) is 0 Å². The van der Waals surface area contributed by atoms with Gasteiger partial charge in [0.25, 0.3) is 0 Å². The van der Waals surface area contributed by atoms with Crippen molar-refractivity contribution in [3.05, 3.63) is 40.1 Å². The summed E-state index contributed by atoms with van der Waals surface area (Å²) < 4.78 is 5.60. The first-order valence-electron chi connectivity index (χ1n) is 5.71. The summed E-state index contributed by atoms with van der Waals surface area (Å²) in [7, 11) is 0. The van der Waals surface area contributed by atoms with Gasteiger partial charge in [0.15, 0.2) is 6.29 Å². The van der Waals surface area contributed by atoms with Crippen LogP contribution in [0.3, 0.4) is 0 Å². The quantitative estimate of drug-likeness (QED) is 0.826. The molecule has 0 fully saturated rings. The van der Waals surface area contributed by atoms with Crippen LogP contribution in [0.2, 0.25) is 0 Å². The summed E-state index contributed by atoms with van der Waals surface area (Å²) in [6, 6.07) is 6.88. The Morgan fingerprint density at radius 3 is 2.50 bits per heavy atom. The van der Waals surface area contributed by atoms with Crippen molar-refractivity contribution in [2.75, 3.05) is 5.32 Å². The zero-order valence-electron chi connectivity index (χ0n) is 10.6. The summed E-state index contributed by atoms with van der Waals surface area (Å²) in [4.78, 5) is 23.2. The number of carbonyl (C=O) groups is 1. The van der Waals surface area contributed by atoms with E-state index in [2.05, 4.69) is 5.32 Å². The number of hydrogen-bond donors (Lipinski definition) is 1. The van der Waals surface area contributed by atoms with Gasteiger partial charge in [0.1, 0.15) is 11.1 Å². The molecule has 0 aliphatic carbocycles. The smallest absolute Gasteiger partial charge is 0.208 e. The Kier molecular flexibility index (Phi) is 2.95. The van der Waals surface area contributed by atoms with Crippen LogP contribution in [0, 0.1) is 0 Å². The molecule has 0 spiro atoms. The van der Waals surface area contributed by atoms with Crippen molar-refractivity contribution in [3.63, 3.8) is 0 Å². The molecule has 0 saturated heterocycles. The number of fused-ring (bicyclic) bond motifs is 1. The van der Waals surface area contributed by atoms with Crippen molar-refractivity contribution >= 4 is 23.1 Å². The van der Waals surface area contributed by atoms with Gasteiger partial charge in [0, 0.05) is 5.54 Å². The molecular formula is C14H15NO3. The SMILES string of the molecule is CC(C)(C)Nc1oc2ccccc2c(=O)c1C=O. The second-order valence-electron chi connectivity index (χ2n) is 5.16. The van der Waals surface area contributed by atoms with Gasteiger partial charge in [-0.05, 0) is 32.9 Å². The lowest BCUT2D eigenvalue weighted by Gasteiger charge is -2.21. The summed E-state index contributed by atoms with van der Waals surface area (Å²) in [6.45, 7) is 5.78. The fourth-order valence-electron chi connectivity index (χ4n) is 1.70. The molecule has 0 aliphatic rings. The van der Waals surface area contributed by atoms with E-state index in [0.717, 1.165) is 0 Å². The lowest BCUT2D eigenvalue weighted by molar-refractivity contribution is 0.112. The molecule has 18 heavy (non-hydrogen) atoms. The van der Waals surface area contributed by atoms with Gasteiger partial charge in [-0.2, -0.15) is 0 Å². The van der Waals surface area contributed by atoms with Gasteiger partial charge in [-0.15, -0.1) is 0 Å². The molecule has 0 unspecified atom stereocenters. The van der Waals surface area contributed by atoms with E-state index in [1.807, 2.05) is 20.8 Å². The standard InChI is InChI=1S/C14H15NO3/c1-14(2,3)15-13-10(8-16)12(17)9-6-4-5-7-11(9)18-13/h4-8,15H,1-3H3. The predicted molar refractivity (Wildman–Crippen MR) is 71.2 cm³/mol. The number of nitrogens with one attached hydrogen (secondary N) is 1. The van der Waals surface area contributed by atoms with E-state index < -0.39 is 0 Å². The largest absolute Gasteiger partial charge is 0.440 e. The normalized spacial score (nSPS) is 11.5. The molecule has 1 aromatic carbocycles. The fourth-order valence-corrected chi connectivity index (χ4v) is 1.70. The number of anilines is 1. The van der Waals surface area contributed by atoms with Crippen LogP contribution < -0.4 is 10.7 Å². The zero-order valence-corrected chi connectivity index (χ0v) is 10.6. The number of para-hydroxylation sites is 1. The van der Waals surface area contributed by atoms with E-state index in [4.69, 9.17) is 4.42 Å². The van der Waals surface area contributed by atoms with E-state index in [1.165, 1.54) is 0 Å². The Labute approximate surface area is 105 Å². The Bertz CT molecular complexity index is 650. The van der Waals surface area contributed by atoms with Crippen LogP contribution in [0.4, 0.5) is 5.88 Å². The molecule has 1 N–H and O–H groups in total. The van der Waals surface area contributed by atoms with Crippen LogP contribution >= 0.6 is 0 Å². The van der Waals surface area contributed by atoms with Gasteiger partial charge in [0.2, 0.25) is 11.3 Å². The van der Waals surface area contributed by atoms with Crippen molar-refractivity contribution in [2.45, 2.75) is 26.3 Å². The fraction of sp³-hybridized carbons (Fsp3) is 0.286. The topological polar surface area (TPSA) is 59.3 Å². The maximum Gasteiger partial charge on any atom is 0.208 e. The lowest BCUT2D eigenvalue weighted by Crippen LogP contribution is -2.28. The summed E-state index contributed by atoms with van der Waals surface area (Å²) >= 11 is 0. The summed E-state index contributed by atoms with van der Waals surface area (Å²) in [6.07, 6.45) is 0.534. The average molecular weight is 245 g/mol. The van der Waals surface area contributed by atoms with Crippen LogP contribution in [0.5, 0.6) is 0 Å². The Balaban J connectivity index is 2.73. The summed E-state index contributed by atoms with van der Waals surface area (Å²) in [5.74, 6) is 0.223. The minimum Gasteiger partial charge on any atom is -0.440 e. The van der Waals surface area contributed by atoms with Gasteiger partial charge in [-0.3, -0.25) is 9.59 Å². The predicted octanol–water partition coefficient (Wildman–Crippen LogP) is 2.82. The summed E-state index contributed by atoms with van der Waals surface area (Å²) in [5, 5.41) is 3.45. The van der Waals surface area contributed by atoms with Crippen molar-refractivity contribution in [1.82, 2.24) is 0 Å². The molecule has 4 heteroatoms. The molecule has 1 aromatic heterocycles. The molecular weight excluding hydrogens is 230 g/mol. The minimum absolute atomic E-state index is 0.0311. The Morgan fingerprint density at radius 1 is 1.22 bits per heavy atom. The highest BCUT2D eigenvalue weighted by Crippen LogP contribution is 2.21. The third kappa shape index (κ3) is 2.27. The van der Waals surface area contributed by atoms with E-state index in [0.29, 0.717) is 17.3 Å². The van der Waals surface area contributed by atoms with Gasteiger partial charge < -0.3 is 9.73 Å². The second kappa shape index (κ2) is 4.29. The highest BCUT2D eigenvalue weighted by molar-refractivity contribution is 5.89. The van der Waals surface area contributed by atoms with Crippen molar-refractivity contribution in [2.24, 2.45) is 0 Å². The first-order chi connectivity index (χ1) is 8.42. The monoisotopic (exact) mass is 245 g/mol. The molecule has 0 saturated carbocycles. The molecule has 2 rings (SSSR count). The van der Waals surface area contributed by atoms with Gasteiger partial charge >= 0.3 is 0 Å². The minimum atomic E-state index is -0.307. The number of aldehydes is 1. The maximum atomic E-state index is 12.1. The van der Waals surface area contributed by atoms with E-state index in [9.17, 15) is 9.59 Å². The highest BCUT2D eigenvalue weighted by atomic mass is 16.3. The Hall–Kier alpha value is -2.10. The number of benzene rings is 1. The molecule has 94 valence electrons. The zero-order chi connectivity index (χ0) is 13.3. The number of hydrogen-bond acceptors (Lipinski definition) is 4. The first kappa shape index (κ1) is 12.4. The molecule has 0 bridgehead atoms. The molecule has 0 amide bonds. The first-order valence-corrected chi connectivity index (χ1v) is 5.71. The van der Waals surface area contributed by atoms with Crippen LogP contribution in [-0.4, -0.2) is 11.8 Å². The van der Waals surface area contributed by atoms with Crippen LogP contribution in [0.25, 0.3) is 11.0 Å². The number of carbonyl (C=O) groups excluding carboxylic acids is 1. The van der Waals surface area contributed by atoms with Gasteiger partial charge in [0.05, 0.1) is 5.39 Å². The van der Waals surface area contributed by atoms with Gasteiger partial charge in [-0.1, -0.05) is 12.1 Å². The molecule has 0 atom stereocenters. The van der Waals surface area contributed by atoms with Crippen molar-refractivity contribution < 1.29 is 9.21 Å². The second-order valence-corrected chi connectivity index (χ2v) is 5.16. The molecule has 4 nitrogen and oxygen atoms in total. The van der Waals surface area contributed by atoms with E-state index in [-0.39, 0.29) is 22.4 Å². The van der Waals surface area contributed by atoms with Crippen molar-refractivity contribution in [1.29, 1.82) is 0 Å². The third-order valence-electron chi connectivity index (χ3n) is 2.44. The lowest BCUT2D eigenvalue weighted by atomic mass is 10.1. The highest BCUT2D eigenvalue weighted by Gasteiger charge is 2.18. The van der Waals surface area contributed by atoms with E-state index in [1.54, 1.807) is 24.3 Å². The Morgan fingerprint density at radius 2 is 1.89 bits per heavy atom. The van der Waals surface area contributed by atoms with Crippen LogP contribution in [0.15, 0.2) is 33.5 Å². The van der Waals surface area contributed by atoms with Crippen molar-refractivity contribution in [3.8, 4) is 0 Å². The molecule has 0 aliphatic heterocycles. The molecule has 1 heterocycles. The van der Waals surface area contributed by atoms with E-state index >= 15 is 0 Å². The average Bonchev–Trinajstić information content (AvgIpc) is 2.27. The number of rotatable bonds is 2. The molecule has 2 aromatic rings.